The van der Waals surface area contributed by atoms with E-state index in [4.69, 9.17) is 34.8 Å². The highest BCUT2D eigenvalue weighted by atomic mass is 35.5. The molecule has 3 heterocycles. The van der Waals surface area contributed by atoms with Crippen LogP contribution in [0.15, 0.2) is 30.7 Å². The number of halogens is 3. The van der Waals surface area contributed by atoms with Gasteiger partial charge < -0.3 is 0 Å². The summed E-state index contributed by atoms with van der Waals surface area (Å²) >= 11 is 18.0. The quantitative estimate of drug-likeness (QED) is 0.664. The van der Waals surface area contributed by atoms with Crippen molar-refractivity contribution in [2.75, 3.05) is 0 Å². The third-order valence-electron chi connectivity index (χ3n) is 2.83. The Kier molecular flexibility index (Phi) is 3.80. The third kappa shape index (κ3) is 2.72. The van der Waals surface area contributed by atoms with Crippen LogP contribution >= 0.6 is 34.8 Å². The van der Waals surface area contributed by atoms with E-state index in [0.29, 0.717) is 32.4 Å². The van der Waals surface area contributed by atoms with Crippen LogP contribution < -0.4 is 0 Å². The van der Waals surface area contributed by atoms with Crippen LogP contribution in [0, 0.1) is 0 Å². The fraction of sp³-hybridized carbons (Fsp3) is 0.0769. The minimum absolute atomic E-state index is 0.397. The van der Waals surface area contributed by atoms with Gasteiger partial charge in [0.2, 0.25) is 0 Å². The van der Waals surface area contributed by atoms with Gasteiger partial charge in [-0.05, 0) is 12.1 Å². The maximum absolute atomic E-state index is 6.13. The van der Waals surface area contributed by atoms with Crippen LogP contribution in [0.5, 0.6) is 0 Å². The highest BCUT2D eigenvalue weighted by Crippen LogP contribution is 2.32. The lowest BCUT2D eigenvalue weighted by Crippen LogP contribution is -1.94. The second kappa shape index (κ2) is 5.60. The Hall–Kier alpha value is -1.69. The largest absolute Gasteiger partial charge is 0.262 e. The van der Waals surface area contributed by atoms with Gasteiger partial charge in [-0.2, -0.15) is 5.10 Å². The third-order valence-corrected chi connectivity index (χ3v) is 3.62. The van der Waals surface area contributed by atoms with Crippen LogP contribution in [0.3, 0.4) is 0 Å². The molecule has 0 radical (unpaired) electrons. The average Bonchev–Trinajstić information content (AvgIpc) is 2.81. The molecule has 3 rings (SSSR count). The van der Waals surface area contributed by atoms with Crippen LogP contribution in [0.2, 0.25) is 15.2 Å². The molecule has 0 atom stereocenters. The van der Waals surface area contributed by atoms with E-state index in [9.17, 15) is 0 Å². The molecule has 0 unspecified atom stereocenters. The first-order valence-corrected chi connectivity index (χ1v) is 7.02. The minimum Gasteiger partial charge on any atom is -0.262 e. The van der Waals surface area contributed by atoms with E-state index in [1.807, 2.05) is 6.07 Å². The lowest BCUT2D eigenvalue weighted by Gasteiger charge is -2.00. The fourth-order valence-corrected chi connectivity index (χ4v) is 2.52. The van der Waals surface area contributed by atoms with E-state index in [2.05, 4.69) is 20.1 Å². The first-order chi connectivity index (χ1) is 10.1. The molecule has 0 saturated heterocycles. The summed E-state index contributed by atoms with van der Waals surface area (Å²) in [6, 6.07) is 3.51. The van der Waals surface area contributed by atoms with Crippen molar-refractivity contribution >= 4 is 34.8 Å². The van der Waals surface area contributed by atoms with Gasteiger partial charge in [0, 0.05) is 31.2 Å². The molecule has 0 aromatic carbocycles. The molecule has 5 nitrogen and oxygen atoms in total. The van der Waals surface area contributed by atoms with Gasteiger partial charge in [-0.1, -0.05) is 34.8 Å². The van der Waals surface area contributed by atoms with E-state index in [1.54, 1.807) is 24.0 Å². The predicted molar refractivity (Wildman–Crippen MR) is 82.5 cm³/mol. The highest BCUT2D eigenvalue weighted by Gasteiger charge is 2.17. The van der Waals surface area contributed by atoms with Crippen molar-refractivity contribution in [3.05, 3.63) is 45.9 Å². The van der Waals surface area contributed by atoms with Gasteiger partial charge in [0.15, 0.2) is 11.6 Å². The lowest BCUT2D eigenvalue weighted by molar-refractivity contribution is 0.777. The molecule has 21 heavy (non-hydrogen) atoms. The number of pyridine rings is 2. The van der Waals surface area contributed by atoms with Crippen molar-refractivity contribution in [1.82, 2.24) is 24.7 Å². The molecular formula is C13H8Cl3N5. The standard InChI is InChI=1S/C13H8Cl3N5/c1-21-13(7-2-3-10(16)18-4-7)19-12(20-21)11-8(14)5-17-6-9(11)15/h2-6H,1H3. The summed E-state index contributed by atoms with van der Waals surface area (Å²) in [7, 11) is 1.78. The van der Waals surface area contributed by atoms with Gasteiger partial charge in [0.25, 0.3) is 0 Å². The predicted octanol–water partition coefficient (Wildman–Crippen LogP) is 3.90. The normalized spacial score (nSPS) is 10.9. The smallest absolute Gasteiger partial charge is 0.184 e. The summed E-state index contributed by atoms with van der Waals surface area (Å²) in [4.78, 5) is 12.4. The Morgan fingerprint density at radius 1 is 1.00 bits per heavy atom. The first kappa shape index (κ1) is 14.3. The number of hydrogen-bond donors (Lipinski definition) is 0. The van der Waals surface area contributed by atoms with Crippen LogP contribution in [0.4, 0.5) is 0 Å². The monoisotopic (exact) mass is 339 g/mol. The van der Waals surface area contributed by atoms with Gasteiger partial charge in [0.1, 0.15) is 5.15 Å². The van der Waals surface area contributed by atoms with Gasteiger partial charge in [-0.25, -0.2) is 14.6 Å². The molecular weight excluding hydrogens is 333 g/mol. The highest BCUT2D eigenvalue weighted by molar-refractivity contribution is 6.38. The Morgan fingerprint density at radius 2 is 1.71 bits per heavy atom. The van der Waals surface area contributed by atoms with Gasteiger partial charge in [-0.3, -0.25) is 4.98 Å². The topological polar surface area (TPSA) is 56.5 Å². The lowest BCUT2D eigenvalue weighted by atomic mass is 10.2. The molecule has 106 valence electrons. The van der Waals surface area contributed by atoms with Crippen molar-refractivity contribution in [1.29, 1.82) is 0 Å². The Balaban J connectivity index is 2.12. The van der Waals surface area contributed by atoms with Crippen molar-refractivity contribution in [3.8, 4) is 22.8 Å². The zero-order chi connectivity index (χ0) is 15.0. The molecule has 0 aliphatic rings. The first-order valence-electron chi connectivity index (χ1n) is 5.88. The minimum atomic E-state index is 0.397. The SMILES string of the molecule is Cn1nc(-c2c(Cl)cncc2Cl)nc1-c1ccc(Cl)nc1. The summed E-state index contributed by atoms with van der Waals surface area (Å²) in [5, 5.41) is 5.56. The molecule has 0 spiro atoms. The van der Waals surface area contributed by atoms with E-state index in [-0.39, 0.29) is 0 Å². The molecule has 0 fully saturated rings. The van der Waals surface area contributed by atoms with E-state index in [0.717, 1.165) is 5.56 Å². The van der Waals surface area contributed by atoms with Crippen LogP contribution in [0.1, 0.15) is 0 Å². The molecule has 3 aromatic heterocycles. The summed E-state index contributed by atoms with van der Waals surface area (Å²) in [5.74, 6) is 1.07. The van der Waals surface area contributed by atoms with E-state index >= 15 is 0 Å². The zero-order valence-electron chi connectivity index (χ0n) is 10.8. The Morgan fingerprint density at radius 3 is 2.33 bits per heavy atom. The van der Waals surface area contributed by atoms with Crippen molar-refractivity contribution in [3.63, 3.8) is 0 Å². The van der Waals surface area contributed by atoms with Gasteiger partial charge in [-0.15, -0.1) is 0 Å². The van der Waals surface area contributed by atoms with Crippen molar-refractivity contribution < 1.29 is 0 Å². The van der Waals surface area contributed by atoms with Crippen LogP contribution in [0.25, 0.3) is 22.8 Å². The molecule has 0 amide bonds. The van der Waals surface area contributed by atoms with Crippen molar-refractivity contribution in [2.24, 2.45) is 7.05 Å². The maximum Gasteiger partial charge on any atom is 0.184 e. The van der Waals surface area contributed by atoms with Gasteiger partial charge in [0.05, 0.1) is 15.6 Å². The number of nitrogens with zero attached hydrogens (tertiary/aromatic N) is 5. The maximum atomic E-state index is 6.13. The molecule has 0 bridgehead atoms. The molecule has 0 aliphatic carbocycles. The molecule has 0 N–H and O–H groups in total. The van der Waals surface area contributed by atoms with Crippen LogP contribution in [-0.2, 0) is 7.05 Å². The second-order valence-corrected chi connectivity index (χ2v) is 5.43. The molecule has 0 aliphatic heterocycles. The zero-order valence-corrected chi connectivity index (χ0v) is 13.0. The average molecular weight is 341 g/mol. The number of rotatable bonds is 2. The number of aryl methyl sites for hydroxylation is 1. The summed E-state index contributed by atoms with van der Waals surface area (Å²) < 4.78 is 1.63. The van der Waals surface area contributed by atoms with E-state index < -0.39 is 0 Å². The molecule has 3 aromatic rings. The summed E-state index contributed by atoms with van der Waals surface area (Å²) in [5.41, 5.74) is 1.35. The van der Waals surface area contributed by atoms with Crippen LogP contribution in [-0.4, -0.2) is 24.7 Å². The van der Waals surface area contributed by atoms with Crippen molar-refractivity contribution in [2.45, 2.75) is 0 Å². The number of hydrogen-bond acceptors (Lipinski definition) is 4. The number of aromatic nitrogens is 5. The summed E-state index contributed by atoms with van der Waals surface area (Å²) in [6.07, 6.45) is 4.64. The molecule has 8 heteroatoms. The van der Waals surface area contributed by atoms with E-state index in [1.165, 1.54) is 12.4 Å². The summed E-state index contributed by atoms with van der Waals surface area (Å²) in [6.45, 7) is 0. The Bertz CT molecular complexity index is 778. The molecule has 0 saturated carbocycles. The fourth-order valence-electron chi connectivity index (χ4n) is 1.87. The second-order valence-electron chi connectivity index (χ2n) is 4.23. The van der Waals surface area contributed by atoms with Gasteiger partial charge >= 0.3 is 0 Å². The Labute approximate surface area is 135 Å².